The molecule has 3 aromatic rings. The summed E-state index contributed by atoms with van der Waals surface area (Å²) in [6, 6.07) is 11.2. The molecule has 194 valence electrons. The van der Waals surface area contributed by atoms with Gasteiger partial charge in [0.1, 0.15) is 11.9 Å². The molecule has 1 fully saturated rings. The van der Waals surface area contributed by atoms with Crippen LogP contribution in [0.25, 0.3) is 10.9 Å². The largest absolute Gasteiger partial charge is 0.497 e. The SMILES string of the molecule is COc1ccc2nccc(C(F)CC[C@@H]3CCN(CCCSc4ccco4)C[C@@H]3CCC(=O)O)c2c1. The van der Waals surface area contributed by atoms with Crippen LogP contribution < -0.4 is 4.74 Å². The number of ether oxygens (including phenoxy) is 1. The Hall–Kier alpha value is -2.58. The second kappa shape index (κ2) is 13.1. The number of halogens is 1. The Morgan fingerprint density at radius 2 is 2.19 bits per heavy atom. The third-order valence-electron chi connectivity index (χ3n) is 7.17. The molecule has 1 aliphatic heterocycles. The van der Waals surface area contributed by atoms with E-state index in [9.17, 15) is 9.90 Å². The fourth-order valence-electron chi connectivity index (χ4n) is 5.24. The number of methoxy groups -OCH3 is 1. The van der Waals surface area contributed by atoms with Gasteiger partial charge < -0.3 is 19.2 Å². The van der Waals surface area contributed by atoms with Crippen LogP contribution in [-0.2, 0) is 4.79 Å². The molecule has 0 aliphatic carbocycles. The van der Waals surface area contributed by atoms with Crippen LogP contribution in [0.4, 0.5) is 4.39 Å². The molecule has 4 rings (SSSR count). The molecule has 1 aromatic carbocycles. The third-order valence-corrected chi connectivity index (χ3v) is 8.18. The third kappa shape index (κ3) is 7.23. The van der Waals surface area contributed by atoms with E-state index in [2.05, 4.69) is 9.88 Å². The van der Waals surface area contributed by atoms with E-state index in [0.29, 0.717) is 30.1 Å². The van der Waals surface area contributed by atoms with Crippen molar-refractivity contribution in [1.29, 1.82) is 0 Å². The lowest BCUT2D eigenvalue weighted by Crippen LogP contribution is -2.41. The molecule has 8 heteroatoms. The summed E-state index contributed by atoms with van der Waals surface area (Å²) in [7, 11) is 1.60. The number of rotatable bonds is 13. The van der Waals surface area contributed by atoms with Gasteiger partial charge in [-0.2, -0.15) is 0 Å². The number of aliphatic carboxylic acids is 1. The standard InChI is InChI=1S/C28H35FN2O4S/c1-34-22-7-9-26-24(18-22)23(11-13-30-26)25(29)8-5-20-12-15-31(19-21(20)6-10-27(32)33)14-3-17-36-28-4-2-16-35-28/h2,4,7,9,11,13,16,18,20-21,25H,3,5-6,8,10,12,14-15,17,19H2,1H3,(H,32,33)/t20-,21+,25?/m1/s1. The second-order valence-corrected chi connectivity index (χ2v) is 10.6. The fraction of sp³-hybridized carbons (Fsp3) is 0.500. The number of hydrogen-bond acceptors (Lipinski definition) is 6. The maximum atomic E-state index is 15.5. The number of alkyl halides is 1. The van der Waals surface area contributed by atoms with E-state index in [1.807, 2.05) is 30.3 Å². The molecular weight excluding hydrogens is 479 g/mol. The van der Waals surface area contributed by atoms with Crippen molar-refractivity contribution in [3.63, 3.8) is 0 Å². The predicted molar refractivity (Wildman–Crippen MR) is 140 cm³/mol. The van der Waals surface area contributed by atoms with Gasteiger partial charge in [0.2, 0.25) is 0 Å². The van der Waals surface area contributed by atoms with Crippen molar-refractivity contribution in [1.82, 2.24) is 9.88 Å². The summed E-state index contributed by atoms with van der Waals surface area (Å²) in [5.74, 6) is 1.52. The van der Waals surface area contributed by atoms with E-state index < -0.39 is 12.1 Å². The van der Waals surface area contributed by atoms with Gasteiger partial charge in [-0.15, -0.1) is 0 Å². The number of thioether (sulfide) groups is 1. The van der Waals surface area contributed by atoms with Gasteiger partial charge in [0.05, 0.1) is 18.9 Å². The average molecular weight is 515 g/mol. The number of furan rings is 1. The molecule has 2 aromatic heterocycles. The molecule has 1 saturated heterocycles. The number of benzene rings is 1. The van der Waals surface area contributed by atoms with E-state index in [1.54, 1.807) is 37.4 Å². The monoisotopic (exact) mass is 514 g/mol. The fourth-order valence-corrected chi connectivity index (χ4v) is 6.02. The van der Waals surface area contributed by atoms with Gasteiger partial charge in [0.15, 0.2) is 5.09 Å². The molecule has 1 aliphatic rings. The summed E-state index contributed by atoms with van der Waals surface area (Å²) >= 11 is 1.72. The molecule has 1 unspecified atom stereocenters. The summed E-state index contributed by atoms with van der Waals surface area (Å²) < 4.78 is 26.2. The molecule has 1 N–H and O–H groups in total. The van der Waals surface area contributed by atoms with Crippen molar-refractivity contribution >= 4 is 28.6 Å². The Kier molecular flexibility index (Phi) is 9.64. The summed E-state index contributed by atoms with van der Waals surface area (Å²) in [5.41, 5.74) is 1.40. The van der Waals surface area contributed by atoms with Crippen LogP contribution in [0.5, 0.6) is 5.75 Å². The zero-order valence-corrected chi connectivity index (χ0v) is 21.6. The minimum absolute atomic E-state index is 0.164. The summed E-state index contributed by atoms with van der Waals surface area (Å²) in [4.78, 5) is 18.1. The van der Waals surface area contributed by atoms with Gasteiger partial charge in [-0.25, -0.2) is 4.39 Å². The quantitative estimate of drug-likeness (QED) is 0.203. The van der Waals surface area contributed by atoms with E-state index >= 15 is 4.39 Å². The van der Waals surface area contributed by atoms with Crippen molar-refractivity contribution in [3.05, 3.63) is 54.4 Å². The first-order valence-corrected chi connectivity index (χ1v) is 13.7. The highest BCUT2D eigenvalue weighted by molar-refractivity contribution is 7.99. The maximum absolute atomic E-state index is 15.5. The highest BCUT2D eigenvalue weighted by Gasteiger charge is 2.30. The number of pyridine rings is 1. The number of carboxylic acid groups (broad SMARTS) is 1. The number of carboxylic acids is 1. The molecule has 0 saturated carbocycles. The normalized spacial score (nSPS) is 19.4. The lowest BCUT2D eigenvalue weighted by atomic mass is 9.79. The van der Waals surface area contributed by atoms with Crippen molar-refractivity contribution in [3.8, 4) is 5.75 Å². The van der Waals surface area contributed by atoms with Gasteiger partial charge in [-0.1, -0.05) is 11.8 Å². The van der Waals surface area contributed by atoms with E-state index in [4.69, 9.17) is 9.15 Å². The number of likely N-dealkylation sites (tertiary alicyclic amines) is 1. The lowest BCUT2D eigenvalue weighted by molar-refractivity contribution is -0.137. The van der Waals surface area contributed by atoms with Crippen molar-refractivity contribution in [2.24, 2.45) is 11.8 Å². The molecule has 36 heavy (non-hydrogen) atoms. The number of carbonyl (C=O) groups is 1. The Bertz CT molecular complexity index is 1110. The minimum Gasteiger partial charge on any atom is -0.497 e. The van der Waals surface area contributed by atoms with Crippen LogP contribution >= 0.6 is 11.8 Å². The molecular formula is C28H35FN2O4S. The Labute approximate surface area is 216 Å². The molecule has 0 amide bonds. The second-order valence-electron chi connectivity index (χ2n) is 9.50. The molecule has 6 nitrogen and oxygen atoms in total. The zero-order valence-electron chi connectivity index (χ0n) is 20.8. The smallest absolute Gasteiger partial charge is 0.303 e. The summed E-state index contributed by atoms with van der Waals surface area (Å²) in [5, 5.41) is 11.0. The van der Waals surface area contributed by atoms with E-state index in [1.165, 1.54) is 0 Å². The van der Waals surface area contributed by atoms with Crippen molar-refractivity contribution in [2.45, 2.75) is 49.8 Å². The molecule has 0 bridgehead atoms. The van der Waals surface area contributed by atoms with E-state index in [-0.39, 0.29) is 12.3 Å². The molecule has 0 spiro atoms. The summed E-state index contributed by atoms with van der Waals surface area (Å²) in [6.45, 7) is 2.85. The highest BCUT2D eigenvalue weighted by atomic mass is 32.2. The van der Waals surface area contributed by atoms with Gasteiger partial charge in [0.25, 0.3) is 0 Å². The topological polar surface area (TPSA) is 75.8 Å². The number of aromatic nitrogens is 1. The van der Waals surface area contributed by atoms with Crippen LogP contribution in [0, 0.1) is 11.8 Å². The van der Waals surface area contributed by atoms with Gasteiger partial charge in [0, 0.05) is 30.3 Å². The van der Waals surface area contributed by atoms with Crippen LogP contribution in [0.15, 0.2) is 58.4 Å². The Morgan fingerprint density at radius 1 is 1.31 bits per heavy atom. The van der Waals surface area contributed by atoms with Crippen molar-refractivity contribution < 1.29 is 23.4 Å². The molecule has 3 heterocycles. The zero-order chi connectivity index (χ0) is 25.3. The van der Waals surface area contributed by atoms with Gasteiger partial charge in [-0.05, 0) is 99.0 Å². The molecule has 3 atom stereocenters. The first kappa shape index (κ1) is 26.5. The lowest BCUT2D eigenvalue weighted by Gasteiger charge is -2.39. The Balaban J connectivity index is 1.33. The van der Waals surface area contributed by atoms with Crippen LogP contribution in [-0.4, -0.2) is 53.5 Å². The van der Waals surface area contributed by atoms with E-state index in [0.717, 1.165) is 60.6 Å². The number of nitrogens with zero attached hydrogens (tertiary/aromatic N) is 2. The maximum Gasteiger partial charge on any atom is 0.303 e. The number of piperidine rings is 1. The van der Waals surface area contributed by atoms with Crippen LogP contribution in [0.2, 0.25) is 0 Å². The number of hydrogen-bond donors (Lipinski definition) is 1. The first-order chi connectivity index (χ1) is 17.5. The van der Waals surface area contributed by atoms with Gasteiger partial charge in [-0.3, -0.25) is 9.78 Å². The summed E-state index contributed by atoms with van der Waals surface area (Å²) in [6.07, 6.45) is 6.26. The molecule has 0 radical (unpaired) electrons. The average Bonchev–Trinajstić information content (AvgIpc) is 3.42. The van der Waals surface area contributed by atoms with Crippen LogP contribution in [0.3, 0.4) is 0 Å². The highest BCUT2D eigenvalue weighted by Crippen LogP contribution is 2.36. The van der Waals surface area contributed by atoms with Crippen molar-refractivity contribution in [2.75, 3.05) is 32.5 Å². The van der Waals surface area contributed by atoms with Crippen LogP contribution in [0.1, 0.15) is 50.3 Å². The Morgan fingerprint density at radius 3 is 2.97 bits per heavy atom. The van der Waals surface area contributed by atoms with Gasteiger partial charge >= 0.3 is 5.97 Å². The first-order valence-electron chi connectivity index (χ1n) is 12.7. The predicted octanol–water partition coefficient (Wildman–Crippen LogP) is 6.61. The minimum atomic E-state index is -1.10. The number of fused-ring (bicyclic) bond motifs is 1.